The molecule has 2 aliphatic heterocycles. The number of rotatable bonds is 15. The van der Waals surface area contributed by atoms with E-state index < -0.39 is 0 Å². The maximum atomic E-state index is 14.5. The van der Waals surface area contributed by atoms with Crippen LogP contribution in [0.25, 0.3) is 21.9 Å². The Labute approximate surface area is 303 Å². The topological polar surface area (TPSA) is 40.6 Å². The van der Waals surface area contributed by atoms with E-state index >= 15 is 0 Å². The van der Waals surface area contributed by atoms with Gasteiger partial charge in [-0.05, 0) is 87.2 Å². The van der Waals surface area contributed by atoms with Crippen LogP contribution in [0.1, 0.15) is 95.2 Å². The molecule has 4 nitrogen and oxygen atoms in total. The predicted molar refractivity (Wildman–Crippen MR) is 208 cm³/mol. The fourth-order valence-corrected chi connectivity index (χ4v) is 10.3. The van der Waals surface area contributed by atoms with Crippen molar-refractivity contribution in [3.05, 3.63) is 76.3 Å². The Bertz CT molecular complexity index is 1930. The molecule has 0 bridgehead atoms. The summed E-state index contributed by atoms with van der Waals surface area (Å²) in [6, 6.07) is 16.8. The summed E-state index contributed by atoms with van der Waals surface area (Å²) in [5.74, 6) is 1.04. The van der Waals surface area contributed by atoms with Crippen LogP contribution in [0.15, 0.2) is 56.1 Å². The van der Waals surface area contributed by atoms with Gasteiger partial charge in [0, 0.05) is 44.1 Å². The molecule has 2 aromatic carbocycles. The minimum atomic E-state index is 0.0866. The number of benzene rings is 2. The Morgan fingerprint density at radius 3 is 1.47 bits per heavy atom. The van der Waals surface area contributed by atoms with E-state index in [4.69, 9.17) is 0 Å². The fraction of sp³-hybridized carbons (Fsp3) is 0.436. The van der Waals surface area contributed by atoms with Crippen LogP contribution in [0, 0.1) is 11.8 Å². The van der Waals surface area contributed by atoms with Gasteiger partial charge in [0.2, 0.25) is 0 Å². The van der Waals surface area contributed by atoms with Crippen molar-refractivity contribution in [3.63, 3.8) is 0 Å². The Morgan fingerprint density at radius 2 is 1.06 bits per heavy atom. The molecule has 2 aromatic heterocycles. The Morgan fingerprint density at radius 1 is 0.596 bits per heavy atom. The van der Waals surface area contributed by atoms with Crippen molar-refractivity contribution in [1.29, 1.82) is 0 Å². The van der Waals surface area contributed by atoms with Gasteiger partial charge in [-0.2, -0.15) is 0 Å². The monoisotopic (exact) mass is 794 g/mol. The zero-order valence-corrected chi connectivity index (χ0v) is 32.6. The number of fused-ring (bicyclic) bond motifs is 5. The summed E-state index contributed by atoms with van der Waals surface area (Å²) in [7, 11) is 0. The van der Waals surface area contributed by atoms with Gasteiger partial charge in [-0.3, -0.25) is 9.59 Å². The molecule has 0 spiro atoms. The average molecular weight is 797 g/mol. The Hall–Kier alpha value is -2.26. The Balaban J connectivity index is 1.58. The lowest BCUT2D eigenvalue weighted by Crippen LogP contribution is -2.34. The molecule has 0 fully saturated rings. The van der Waals surface area contributed by atoms with Crippen LogP contribution >= 0.6 is 54.5 Å². The van der Waals surface area contributed by atoms with Crippen molar-refractivity contribution >= 4 is 99.6 Å². The van der Waals surface area contributed by atoms with Crippen molar-refractivity contribution in [2.24, 2.45) is 11.8 Å². The number of anilines is 2. The van der Waals surface area contributed by atoms with E-state index in [0.717, 1.165) is 112 Å². The zero-order valence-electron chi connectivity index (χ0n) is 27.8. The second-order valence-corrected chi connectivity index (χ2v) is 17.9. The molecule has 6 rings (SSSR count). The molecule has 248 valence electrons. The molecule has 8 heteroatoms. The molecule has 2 atom stereocenters. The average Bonchev–Trinajstić information content (AvgIpc) is 3.82. The number of carbonyl (C=O) groups is 2. The third-order valence-electron chi connectivity index (χ3n) is 9.87. The van der Waals surface area contributed by atoms with Crippen molar-refractivity contribution in [2.45, 2.75) is 85.5 Å². The molecule has 4 heterocycles. The first kappa shape index (κ1) is 34.6. The molecule has 2 aliphatic rings. The molecule has 0 saturated carbocycles. The van der Waals surface area contributed by atoms with Gasteiger partial charge in [0.25, 0.3) is 11.8 Å². The highest BCUT2D eigenvalue weighted by atomic mass is 79.9. The maximum Gasteiger partial charge on any atom is 0.260 e. The van der Waals surface area contributed by atoms with Crippen LogP contribution in [0.4, 0.5) is 11.4 Å². The molecular weight excluding hydrogens is 752 g/mol. The number of hydrogen-bond acceptors (Lipinski definition) is 4. The van der Waals surface area contributed by atoms with Crippen molar-refractivity contribution < 1.29 is 9.59 Å². The first-order valence-electron chi connectivity index (χ1n) is 17.3. The zero-order chi connectivity index (χ0) is 33.2. The van der Waals surface area contributed by atoms with Gasteiger partial charge in [-0.15, -0.1) is 22.7 Å². The smallest absolute Gasteiger partial charge is 0.260 e. The molecule has 0 aliphatic carbocycles. The number of amides is 2. The Kier molecular flexibility index (Phi) is 11.1. The van der Waals surface area contributed by atoms with Crippen molar-refractivity contribution in [3.8, 4) is 0 Å². The molecule has 0 N–H and O–H groups in total. The van der Waals surface area contributed by atoms with E-state index in [1.54, 1.807) is 22.7 Å². The lowest BCUT2D eigenvalue weighted by Gasteiger charge is -2.28. The molecule has 0 radical (unpaired) electrons. The molecule has 4 aromatic rings. The third kappa shape index (κ3) is 6.69. The van der Waals surface area contributed by atoms with Gasteiger partial charge in [-0.25, -0.2) is 0 Å². The summed E-state index contributed by atoms with van der Waals surface area (Å²) < 4.78 is 2.03. The first-order chi connectivity index (χ1) is 22.8. The second-order valence-electron chi connectivity index (χ2n) is 13.0. The highest BCUT2D eigenvalue weighted by Gasteiger charge is 2.37. The fourth-order valence-electron chi connectivity index (χ4n) is 7.45. The largest absolute Gasteiger partial charge is 0.307 e. The maximum absolute atomic E-state index is 14.5. The van der Waals surface area contributed by atoms with Gasteiger partial charge in [0.1, 0.15) is 0 Å². The standard InChI is InChI=1S/C39H44Br2N2O2S2/c1-5-9-12-24(8-4)22-42-36-26-14-17-29-35(31-19-21-33(41)47-31)39(45)43(23-25(11-7-3)13-10-6-2)37(29)27(26)15-16-28(36)34(38(42)44)30-18-20-32(40)46-30/h14-21,24-25H,5-13,22-23H2,1-4H3. The van der Waals surface area contributed by atoms with E-state index in [2.05, 4.69) is 106 Å². The van der Waals surface area contributed by atoms with Crippen LogP contribution in [-0.4, -0.2) is 24.9 Å². The van der Waals surface area contributed by atoms with Crippen LogP contribution in [0.5, 0.6) is 0 Å². The van der Waals surface area contributed by atoms with E-state index in [-0.39, 0.29) is 11.8 Å². The quantitative estimate of drug-likeness (QED) is 0.120. The summed E-state index contributed by atoms with van der Waals surface area (Å²) >= 11 is 10.5. The molecule has 0 saturated heterocycles. The van der Waals surface area contributed by atoms with Crippen LogP contribution in [-0.2, 0) is 9.59 Å². The lowest BCUT2D eigenvalue weighted by atomic mass is 9.95. The van der Waals surface area contributed by atoms with Crippen LogP contribution < -0.4 is 20.2 Å². The van der Waals surface area contributed by atoms with Gasteiger partial charge < -0.3 is 9.80 Å². The minimum absolute atomic E-state index is 0.0866. The highest BCUT2D eigenvalue weighted by Crippen LogP contribution is 2.41. The van der Waals surface area contributed by atoms with Gasteiger partial charge in [-0.1, -0.05) is 90.5 Å². The normalized spacial score (nSPS) is 15.7. The van der Waals surface area contributed by atoms with E-state index in [9.17, 15) is 9.59 Å². The van der Waals surface area contributed by atoms with Crippen molar-refractivity contribution in [1.82, 2.24) is 0 Å². The number of unbranched alkanes of at least 4 members (excludes halogenated alkanes) is 2. The van der Waals surface area contributed by atoms with E-state index in [0.29, 0.717) is 24.9 Å². The third-order valence-corrected chi connectivity index (χ3v) is 13.1. The van der Waals surface area contributed by atoms with Crippen LogP contribution in [0.2, 0.25) is 0 Å². The number of hydrogen-bond donors (Lipinski definition) is 0. The second kappa shape index (κ2) is 15.1. The number of halogens is 2. The van der Waals surface area contributed by atoms with Gasteiger partial charge >= 0.3 is 0 Å². The molecule has 2 unspecified atom stereocenters. The highest BCUT2D eigenvalue weighted by molar-refractivity contribution is 9.11. The SMILES string of the molecule is CCCCC(CC)CN1C(=O)C(c2ccc(Br)s2)=c2ccc3c4c(ccc3c21)=C(c1ccc(Br)s1)C(=O)N4CC(CCC)CCCC. The molecule has 2 amide bonds. The van der Waals surface area contributed by atoms with Gasteiger partial charge in [0.15, 0.2) is 0 Å². The lowest BCUT2D eigenvalue weighted by molar-refractivity contribution is -0.114. The summed E-state index contributed by atoms with van der Waals surface area (Å²) in [4.78, 5) is 35.1. The summed E-state index contributed by atoms with van der Waals surface area (Å²) in [5, 5.41) is 4.10. The first-order valence-corrected chi connectivity index (χ1v) is 20.5. The number of thiophene rings is 2. The number of nitrogens with zero attached hydrogens (tertiary/aromatic N) is 2. The summed E-state index contributed by atoms with van der Waals surface area (Å²) in [6.07, 6.45) is 10.1. The molecular formula is C39H44Br2N2O2S2. The predicted octanol–water partition coefficient (Wildman–Crippen LogP) is 10.4. The van der Waals surface area contributed by atoms with E-state index in [1.165, 1.54) is 6.42 Å². The van der Waals surface area contributed by atoms with Crippen LogP contribution in [0.3, 0.4) is 0 Å². The summed E-state index contributed by atoms with van der Waals surface area (Å²) in [6.45, 7) is 10.4. The van der Waals surface area contributed by atoms with Gasteiger partial charge in [0.05, 0.1) is 30.1 Å². The van der Waals surface area contributed by atoms with Crippen molar-refractivity contribution in [2.75, 3.05) is 22.9 Å². The van der Waals surface area contributed by atoms with E-state index in [1.807, 2.05) is 12.1 Å². The minimum Gasteiger partial charge on any atom is -0.307 e. The summed E-state index contributed by atoms with van der Waals surface area (Å²) in [5.41, 5.74) is 3.58. The number of carbonyl (C=O) groups excluding carboxylic acids is 2. The molecule has 47 heavy (non-hydrogen) atoms.